The van der Waals surface area contributed by atoms with Crippen molar-refractivity contribution in [3.8, 4) is 0 Å². The Kier molecular flexibility index (Phi) is 3.14. The van der Waals surface area contributed by atoms with Gasteiger partial charge in [0.15, 0.2) is 0 Å². The summed E-state index contributed by atoms with van der Waals surface area (Å²) in [5.74, 6) is 4.10. The maximum absolute atomic E-state index is 4.96. The molecule has 2 heterocycles. The molecular formula is C17H19N3S. The smallest absolute Gasteiger partial charge is 0.141 e. The number of rotatable bonds is 3. The lowest BCUT2D eigenvalue weighted by atomic mass is 9.64. The van der Waals surface area contributed by atoms with Crippen molar-refractivity contribution in [1.82, 2.24) is 9.97 Å². The third-order valence-corrected chi connectivity index (χ3v) is 5.75. The summed E-state index contributed by atoms with van der Waals surface area (Å²) in [6.45, 7) is 0. The van der Waals surface area contributed by atoms with Crippen LogP contribution in [0.15, 0.2) is 30.3 Å². The average Bonchev–Trinajstić information content (AvgIpc) is 2.95. The number of fused-ring (bicyclic) bond motifs is 1. The first-order valence-electron chi connectivity index (χ1n) is 7.55. The minimum atomic E-state index is 0.0369. The number of aromatic nitrogens is 2. The average molecular weight is 297 g/mol. The molecule has 108 valence electrons. The Labute approximate surface area is 129 Å². The van der Waals surface area contributed by atoms with E-state index in [0.29, 0.717) is 0 Å². The van der Waals surface area contributed by atoms with Crippen LogP contribution < -0.4 is 5.32 Å². The molecule has 1 aromatic carbocycles. The first kappa shape index (κ1) is 13.1. The maximum atomic E-state index is 4.96. The molecule has 1 aliphatic carbocycles. The number of benzene rings is 1. The number of hydrogen-bond acceptors (Lipinski definition) is 4. The first-order chi connectivity index (χ1) is 10.3. The topological polar surface area (TPSA) is 37.8 Å². The Morgan fingerprint density at radius 2 is 1.90 bits per heavy atom. The van der Waals surface area contributed by atoms with Crippen LogP contribution >= 0.6 is 11.8 Å². The van der Waals surface area contributed by atoms with E-state index in [1.165, 1.54) is 23.2 Å². The SMILES string of the molecule is CNc1nc(C2(c3ccccc3)CCC2)nc2c1CSC2. The second kappa shape index (κ2) is 5.02. The highest BCUT2D eigenvalue weighted by molar-refractivity contribution is 7.98. The van der Waals surface area contributed by atoms with Crippen LogP contribution in [0.4, 0.5) is 5.82 Å². The van der Waals surface area contributed by atoms with Crippen LogP contribution in [0.25, 0.3) is 0 Å². The Balaban J connectivity index is 1.85. The molecular weight excluding hydrogens is 278 g/mol. The van der Waals surface area contributed by atoms with Crippen molar-refractivity contribution in [3.05, 3.63) is 53.0 Å². The minimum absolute atomic E-state index is 0.0369. The fourth-order valence-electron chi connectivity index (χ4n) is 3.40. The van der Waals surface area contributed by atoms with Gasteiger partial charge in [-0.3, -0.25) is 0 Å². The van der Waals surface area contributed by atoms with Gasteiger partial charge in [-0.15, -0.1) is 0 Å². The lowest BCUT2D eigenvalue weighted by Gasteiger charge is -2.41. The largest absolute Gasteiger partial charge is 0.373 e. The zero-order valence-corrected chi connectivity index (χ0v) is 13.0. The van der Waals surface area contributed by atoms with Gasteiger partial charge in [0.25, 0.3) is 0 Å². The van der Waals surface area contributed by atoms with Gasteiger partial charge in [-0.2, -0.15) is 11.8 Å². The van der Waals surface area contributed by atoms with Crippen molar-refractivity contribution in [1.29, 1.82) is 0 Å². The van der Waals surface area contributed by atoms with E-state index in [9.17, 15) is 0 Å². The molecule has 0 bridgehead atoms. The molecule has 0 amide bonds. The minimum Gasteiger partial charge on any atom is -0.373 e. The van der Waals surface area contributed by atoms with Gasteiger partial charge in [-0.25, -0.2) is 9.97 Å². The van der Waals surface area contributed by atoms with Gasteiger partial charge in [0.2, 0.25) is 0 Å². The third-order valence-electron chi connectivity index (χ3n) is 4.78. The molecule has 2 aromatic rings. The Morgan fingerprint density at radius 3 is 2.57 bits per heavy atom. The summed E-state index contributed by atoms with van der Waals surface area (Å²) in [7, 11) is 1.96. The van der Waals surface area contributed by atoms with E-state index in [0.717, 1.165) is 36.0 Å². The van der Waals surface area contributed by atoms with Crippen molar-refractivity contribution in [2.45, 2.75) is 36.2 Å². The van der Waals surface area contributed by atoms with E-state index in [-0.39, 0.29) is 5.41 Å². The number of hydrogen-bond donors (Lipinski definition) is 1. The van der Waals surface area contributed by atoms with Crippen LogP contribution in [-0.2, 0) is 16.9 Å². The highest BCUT2D eigenvalue weighted by Gasteiger charge is 2.43. The van der Waals surface area contributed by atoms with Crippen LogP contribution in [-0.4, -0.2) is 17.0 Å². The summed E-state index contributed by atoms with van der Waals surface area (Å²) in [5.41, 5.74) is 3.93. The lowest BCUT2D eigenvalue weighted by molar-refractivity contribution is 0.285. The van der Waals surface area contributed by atoms with E-state index < -0.39 is 0 Å². The van der Waals surface area contributed by atoms with E-state index in [2.05, 4.69) is 35.6 Å². The molecule has 0 atom stereocenters. The molecule has 0 spiro atoms. The third kappa shape index (κ3) is 1.96. The molecule has 3 nitrogen and oxygen atoms in total. The predicted molar refractivity (Wildman–Crippen MR) is 87.7 cm³/mol. The second-order valence-corrected chi connectivity index (χ2v) is 6.85. The molecule has 4 rings (SSSR count). The van der Waals surface area contributed by atoms with Gasteiger partial charge in [0.05, 0.1) is 11.1 Å². The van der Waals surface area contributed by atoms with Gasteiger partial charge >= 0.3 is 0 Å². The lowest BCUT2D eigenvalue weighted by Crippen LogP contribution is -2.37. The van der Waals surface area contributed by atoms with Crippen LogP contribution in [0.3, 0.4) is 0 Å². The fourth-order valence-corrected chi connectivity index (χ4v) is 4.44. The van der Waals surface area contributed by atoms with Gasteiger partial charge in [-0.05, 0) is 18.4 Å². The van der Waals surface area contributed by atoms with Gasteiger partial charge < -0.3 is 5.32 Å². The molecule has 1 fully saturated rings. The zero-order chi connectivity index (χ0) is 14.3. The molecule has 1 aromatic heterocycles. The van der Waals surface area contributed by atoms with Crippen molar-refractivity contribution < 1.29 is 0 Å². The Hall–Kier alpha value is -1.55. The van der Waals surface area contributed by atoms with Crippen molar-refractivity contribution in [3.63, 3.8) is 0 Å². The van der Waals surface area contributed by atoms with Crippen LogP contribution in [0.1, 0.15) is 41.9 Å². The van der Waals surface area contributed by atoms with E-state index >= 15 is 0 Å². The summed E-state index contributed by atoms with van der Waals surface area (Å²) in [4.78, 5) is 9.86. The van der Waals surface area contributed by atoms with Crippen LogP contribution in [0, 0.1) is 0 Å². The molecule has 21 heavy (non-hydrogen) atoms. The molecule has 0 unspecified atom stereocenters. The summed E-state index contributed by atoms with van der Waals surface area (Å²) >= 11 is 1.93. The molecule has 0 radical (unpaired) electrons. The second-order valence-electron chi connectivity index (χ2n) is 5.87. The fraction of sp³-hybridized carbons (Fsp3) is 0.412. The van der Waals surface area contributed by atoms with Crippen molar-refractivity contribution in [2.24, 2.45) is 0 Å². The maximum Gasteiger partial charge on any atom is 0.141 e. The Morgan fingerprint density at radius 1 is 1.10 bits per heavy atom. The molecule has 1 aliphatic heterocycles. The summed E-state index contributed by atoms with van der Waals surface area (Å²) in [5, 5.41) is 3.28. The van der Waals surface area contributed by atoms with E-state index in [4.69, 9.17) is 9.97 Å². The van der Waals surface area contributed by atoms with E-state index in [1.54, 1.807) is 0 Å². The summed E-state index contributed by atoms with van der Waals surface area (Å²) < 4.78 is 0. The van der Waals surface area contributed by atoms with Crippen molar-refractivity contribution in [2.75, 3.05) is 12.4 Å². The predicted octanol–water partition coefficient (Wildman–Crippen LogP) is 3.74. The van der Waals surface area contributed by atoms with Crippen LogP contribution in [0.5, 0.6) is 0 Å². The zero-order valence-electron chi connectivity index (χ0n) is 12.2. The van der Waals surface area contributed by atoms with Gasteiger partial charge in [0.1, 0.15) is 11.6 Å². The molecule has 2 aliphatic rings. The number of nitrogens with zero attached hydrogens (tertiary/aromatic N) is 2. The van der Waals surface area contributed by atoms with Crippen molar-refractivity contribution >= 4 is 17.6 Å². The number of thioether (sulfide) groups is 1. The highest BCUT2D eigenvalue weighted by Crippen LogP contribution is 2.48. The molecule has 1 saturated carbocycles. The Bertz CT molecular complexity index is 665. The number of anilines is 1. The summed E-state index contributed by atoms with van der Waals surface area (Å²) in [6.07, 6.45) is 3.58. The molecule has 0 saturated heterocycles. The highest BCUT2D eigenvalue weighted by atomic mass is 32.2. The monoisotopic (exact) mass is 297 g/mol. The van der Waals surface area contributed by atoms with Gasteiger partial charge in [0, 0.05) is 24.1 Å². The molecule has 1 N–H and O–H groups in total. The normalized spacial score (nSPS) is 18.9. The number of nitrogens with one attached hydrogen (secondary N) is 1. The van der Waals surface area contributed by atoms with E-state index in [1.807, 2.05) is 18.8 Å². The standard InChI is InChI=1S/C17H19N3S/c1-18-15-13-10-21-11-14(13)19-16(20-15)17(8-5-9-17)12-6-3-2-4-7-12/h2-4,6-7H,5,8-11H2,1H3,(H,18,19,20). The van der Waals surface area contributed by atoms with Gasteiger partial charge in [-0.1, -0.05) is 36.8 Å². The first-order valence-corrected chi connectivity index (χ1v) is 8.70. The van der Waals surface area contributed by atoms with Crippen LogP contribution in [0.2, 0.25) is 0 Å². The summed E-state index contributed by atoms with van der Waals surface area (Å²) in [6, 6.07) is 10.8. The molecule has 4 heteroatoms. The quantitative estimate of drug-likeness (QED) is 0.936.